The summed E-state index contributed by atoms with van der Waals surface area (Å²) in [5, 5.41) is 0. The van der Waals surface area contributed by atoms with E-state index in [4.69, 9.17) is 4.74 Å². The third kappa shape index (κ3) is 4.39. The van der Waals surface area contributed by atoms with Gasteiger partial charge in [-0.3, -0.25) is 4.90 Å². The van der Waals surface area contributed by atoms with E-state index in [-0.39, 0.29) is 5.82 Å². The molecule has 0 spiro atoms. The van der Waals surface area contributed by atoms with Gasteiger partial charge < -0.3 is 9.30 Å². The highest BCUT2D eigenvalue weighted by atomic mass is 19.1. The van der Waals surface area contributed by atoms with Gasteiger partial charge in [-0.1, -0.05) is 12.1 Å². The van der Waals surface area contributed by atoms with E-state index in [0.717, 1.165) is 51.2 Å². The Hall–Kier alpha value is -1.72. The molecule has 1 atom stereocenters. The van der Waals surface area contributed by atoms with Gasteiger partial charge in [0.1, 0.15) is 5.82 Å². The maximum absolute atomic E-state index is 13.1. The highest BCUT2D eigenvalue weighted by Crippen LogP contribution is 2.17. The Kier molecular flexibility index (Phi) is 5.41. The first-order chi connectivity index (χ1) is 11.2. The molecular formula is C18H24FN3O. The van der Waals surface area contributed by atoms with Crippen molar-refractivity contribution in [2.45, 2.75) is 45.5 Å². The summed E-state index contributed by atoms with van der Waals surface area (Å²) in [4.78, 5) is 6.62. The molecule has 2 heterocycles. The third-order valence-corrected chi connectivity index (χ3v) is 4.33. The molecule has 4 nitrogen and oxygen atoms in total. The molecule has 1 fully saturated rings. The second kappa shape index (κ2) is 7.70. The zero-order valence-electron chi connectivity index (χ0n) is 13.6. The standard InChI is InChI=1S/C18H24FN3O/c1-2-22-14-20-10-17(22)12-21(13-18-4-3-9-23-18)11-15-5-7-16(19)8-6-15/h5-8,10,14,18H,2-4,9,11-13H2,1H3. The van der Waals surface area contributed by atoms with Crippen LogP contribution in [0, 0.1) is 5.82 Å². The van der Waals surface area contributed by atoms with E-state index in [9.17, 15) is 4.39 Å². The van der Waals surface area contributed by atoms with Crippen molar-refractivity contribution in [1.82, 2.24) is 14.5 Å². The highest BCUT2D eigenvalue weighted by Gasteiger charge is 2.20. The topological polar surface area (TPSA) is 30.3 Å². The summed E-state index contributed by atoms with van der Waals surface area (Å²) in [6.07, 6.45) is 6.36. The van der Waals surface area contributed by atoms with Crippen LogP contribution in [0.2, 0.25) is 0 Å². The molecule has 1 aromatic carbocycles. The minimum atomic E-state index is -0.191. The van der Waals surface area contributed by atoms with Gasteiger partial charge in [-0.15, -0.1) is 0 Å². The summed E-state index contributed by atoms with van der Waals surface area (Å²) in [6, 6.07) is 6.76. The second-order valence-electron chi connectivity index (χ2n) is 6.10. The van der Waals surface area contributed by atoms with Crippen LogP contribution >= 0.6 is 0 Å². The summed E-state index contributed by atoms with van der Waals surface area (Å²) in [7, 11) is 0. The van der Waals surface area contributed by atoms with Crippen molar-refractivity contribution in [3.63, 3.8) is 0 Å². The van der Waals surface area contributed by atoms with Gasteiger partial charge >= 0.3 is 0 Å². The zero-order chi connectivity index (χ0) is 16.1. The summed E-state index contributed by atoms with van der Waals surface area (Å²) in [6.45, 7) is 6.41. The number of nitrogens with zero attached hydrogens (tertiary/aromatic N) is 3. The molecule has 5 heteroatoms. The monoisotopic (exact) mass is 317 g/mol. The Labute approximate surface area is 136 Å². The quantitative estimate of drug-likeness (QED) is 0.785. The van der Waals surface area contributed by atoms with E-state index in [1.165, 1.54) is 17.8 Å². The Balaban J connectivity index is 1.71. The van der Waals surface area contributed by atoms with Crippen molar-refractivity contribution in [3.8, 4) is 0 Å². The minimum Gasteiger partial charge on any atom is -0.377 e. The first kappa shape index (κ1) is 16.1. The molecule has 0 bridgehead atoms. The average Bonchev–Trinajstić information content (AvgIpc) is 3.21. The molecule has 1 aromatic heterocycles. The smallest absolute Gasteiger partial charge is 0.123 e. The van der Waals surface area contributed by atoms with E-state index in [1.807, 2.05) is 24.7 Å². The minimum absolute atomic E-state index is 0.191. The number of ether oxygens (including phenoxy) is 1. The largest absolute Gasteiger partial charge is 0.377 e. The van der Waals surface area contributed by atoms with Crippen LogP contribution in [-0.2, 0) is 24.4 Å². The predicted molar refractivity (Wildman–Crippen MR) is 87.4 cm³/mol. The van der Waals surface area contributed by atoms with Crippen LogP contribution in [0.5, 0.6) is 0 Å². The molecule has 1 aliphatic rings. The number of aryl methyl sites for hydroxylation is 1. The summed E-state index contributed by atoms with van der Waals surface area (Å²) < 4.78 is 21.1. The maximum Gasteiger partial charge on any atom is 0.123 e. The first-order valence-electron chi connectivity index (χ1n) is 8.32. The van der Waals surface area contributed by atoms with Gasteiger partial charge in [0.05, 0.1) is 18.1 Å². The van der Waals surface area contributed by atoms with Crippen molar-refractivity contribution >= 4 is 0 Å². The lowest BCUT2D eigenvalue weighted by Crippen LogP contribution is -2.32. The lowest BCUT2D eigenvalue weighted by atomic mass is 10.1. The number of hydrogen-bond donors (Lipinski definition) is 0. The molecular weight excluding hydrogens is 293 g/mol. The number of imidazole rings is 1. The SMILES string of the molecule is CCn1cncc1CN(Cc1ccc(F)cc1)CC1CCCO1. The number of rotatable bonds is 7. The number of aromatic nitrogens is 2. The molecule has 1 unspecified atom stereocenters. The van der Waals surface area contributed by atoms with Gasteiger partial charge in [0, 0.05) is 39.0 Å². The number of hydrogen-bond acceptors (Lipinski definition) is 3. The van der Waals surface area contributed by atoms with Crippen LogP contribution in [0.3, 0.4) is 0 Å². The molecule has 3 rings (SSSR count). The number of benzene rings is 1. The fraction of sp³-hybridized carbons (Fsp3) is 0.500. The molecule has 2 aromatic rings. The van der Waals surface area contributed by atoms with Crippen molar-refractivity contribution < 1.29 is 9.13 Å². The van der Waals surface area contributed by atoms with Gasteiger partial charge in [0.25, 0.3) is 0 Å². The Morgan fingerprint density at radius 2 is 2.13 bits per heavy atom. The summed E-state index contributed by atoms with van der Waals surface area (Å²) in [5.74, 6) is -0.191. The fourth-order valence-electron chi connectivity index (χ4n) is 3.10. The Bertz CT molecular complexity index is 605. The first-order valence-corrected chi connectivity index (χ1v) is 8.32. The van der Waals surface area contributed by atoms with Crippen molar-refractivity contribution in [3.05, 3.63) is 53.9 Å². The van der Waals surface area contributed by atoms with Crippen molar-refractivity contribution in [2.24, 2.45) is 0 Å². The molecule has 0 radical (unpaired) electrons. The maximum atomic E-state index is 13.1. The van der Waals surface area contributed by atoms with E-state index >= 15 is 0 Å². The number of halogens is 1. The van der Waals surface area contributed by atoms with Gasteiger partial charge in [0.2, 0.25) is 0 Å². The normalized spacial score (nSPS) is 18.0. The molecule has 23 heavy (non-hydrogen) atoms. The lowest BCUT2D eigenvalue weighted by molar-refractivity contribution is 0.0671. The van der Waals surface area contributed by atoms with Crippen LogP contribution in [0.25, 0.3) is 0 Å². The molecule has 0 amide bonds. The van der Waals surface area contributed by atoms with Gasteiger partial charge in [-0.25, -0.2) is 9.37 Å². The van der Waals surface area contributed by atoms with Gasteiger partial charge in [0.15, 0.2) is 0 Å². The van der Waals surface area contributed by atoms with Crippen LogP contribution in [-0.4, -0.2) is 33.7 Å². The predicted octanol–water partition coefficient (Wildman–Crippen LogP) is 3.22. The van der Waals surface area contributed by atoms with Crippen molar-refractivity contribution in [1.29, 1.82) is 0 Å². The van der Waals surface area contributed by atoms with E-state index in [0.29, 0.717) is 6.10 Å². The summed E-state index contributed by atoms with van der Waals surface area (Å²) >= 11 is 0. The van der Waals surface area contributed by atoms with E-state index in [2.05, 4.69) is 21.4 Å². The average molecular weight is 317 g/mol. The molecule has 0 saturated carbocycles. The van der Waals surface area contributed by atoms with E-state index in [1.54, 1.807) is 0 Å². The third-order valence-electron chi connectivity index (χ3n) is 4.33. The molecule has 1 aliphatic heterocycles. The van der Waals surface area contributed by atoms with Crippen LogP contribution < -0.4 is 0 Å². The molecule has 0 aliphatic carbocycles. The fourth-order valence-corrected chi connectivity index (χ4v) is 3.10. The lowest BCUT2D eigenvalue weighted by Gasteiger charge is -2.25. The van der Waals surface area contributed by atoms with Crippen LogP contribution in [0.1, 0.15) is 31.0 Å². The van der Waals surface area contributed by atoms with Gasteiger partial charge in [-0.2, -0.15) is 0 Å². The van der Waals surface area contributed by atoms with Crippen molar-refractivity contribution in [2.75, 3.05) is 13.2 Å². The molecule has 0 N–H and O–H groups in total. The Morgan fingerprint density at radius 1 is 1.30 bits per heavy atom. The summed E-state index contributed by atoms with van der Waals surface area (Å²) in [5.41, 5.74) is 2.32. The highest BCUT2D eigenvalue weighted by molar-refractivity contribution is 5.16. The van der Waals surface area contributed by atoms with Gasteiger partial charge in [-0.05, 0) is 37.5 Å². The van der Waals surface area contributed by atoms with E-state index < -0.39 is 0 Å². The van der Waals surface area contributed by atoms with Crippen LogP contribution in [0.15, 0.2) is 36.8 Å². The molecule has 124 valence electrons. The molecule has 1 saturated heterocycles. The Morgan fingerprint density at radius 3 is 2.83 bits per heavy atom. The van der Waals surface area contributed by atoms with Crippen LogP contribution in [0.4, 0.5) is 4.39 Å². The second-order valence-corrected chi connectivity index (χ2v) is 6.10. The zero-order valence-corrected chi connectivity index (χ0v) is 13.6.